The van der Waals surface area contributed by atoms with Gasteiger partial charge in [0.25, 0.3) is 0 Å². The average molecular weight is 235 g/mol. The van der Waals surface area contributed by atoms with Gasteiger partial charge < -0.3 is 5.32 Å². The molecule has 3 heteroatoms. The van der Waals surface area contributed by atoms with E-state index in [-0.39, 0.29) is 11.7 Å². The van der Waals surface area contributed by atoms with E-state index in [0.29, 0.717) is 0 Å². The quantitative estimate of drug-likeness (QED) is 0.751. The molecule has 1 unspecified atom stereocenters. The summed E-state index contributed by atoms with van der Waals surface area (Å²) in [5.41, 5.74) is 2.28. The van der Waals surface area contributed by atoms with Crippen molar-refractivity contribution < 1.29 is 4.39 Å². The predicted octanol–water partition coefficient (Wildman–Crippen LogP) is 2.93. The summed E-state index contributed by atoms with van der Waals surface area (Å²) >= 11 is 1.78. The number of hydrogen-bond donors (Lipinski definition) is 1. The fourth-order valence-electron chi connectivity index (χ4n) is 2.46. The fourth-order valence-corrected chi connectivity index (χ4v) is 3.76. The molecule has 0 amide bonds. The second kappa shape index (κ2) is 4.22. The minimum Gasteiger partial charge on any atom is -0.313 e. The summed E-state index contributed by atoms with van der Waals surface area (Å²) in [6, 6.07) is 5.41. The SMILES string of the molecule is Fc1cccc2c1C(C1=CCCNC1)CS2. The molecule has 1 aromatic carbocycles. The molecule has 1 nitrogen and oxygen atoms in total. The lowest BCUT2D eigenvalue weighted by Gasteiger charge is -2.20. The monoisotopic (exact) mass is 235 g/mol. The van der Waals surface area contributed by atoms with Gasteiger partial charge in [0, 0.05) is 28.7 Å². The Balaban J connectivity index is 1.99. The molecule has 2 aliphatic rings. The molecule has 84 valence electrons. The van der Waals surface area contributed by atoms with Crippen molar-refractivity contribution in [3.05, 3.63) is 41.2 Å². The standard InChI is InChI=1S/C13H14FNS/c14-11-4-1-5-12-13(11)10(8-16-12)9-3-2-6-15-7-9/h1,3-5,10,15H,2,6-8H2. The van der Waals surface area contributed by atoms with Crippen molar-refractivity contribution in [1.82, 2.24) is 5.32 Å². The number of halogens is 1. The molecule has 0 aromatic heterocycles. The number of rotatable bonds is 1. The highest BCUT2D eigenvalue weighted by Gasteiger charge is 2.29. The van der Waals surface area contributed by atoms with Crippen LogP contribution in [0, 0.1) is 5.82 Å². The Morgan fingerprint density at radius 3 is 3.12 bits per heavy atom. The summed E-state index contributed by atoms with van der Waals surface area (Å²) in [6.45, 7) is 1.96. The van der Waals surface area contributed by atoms with E-state index >= 15 is 0 Å². The summed E-state index contributed by atoms with van der Waals surface area (Å²) < 4.78 is 13.8. The lowest BCUT2D eigenvalue weighted by atomic mass is 9.90. The third-order valence-corrected chi connectivity index (χ3v) is 4.44. The van der Waals surface area contributed by atoms with Gasteiger partial charge in [-0.2, -0.15) is 0 Å². The molecule has 0 saturated heterocycles. The molecule has 1 atom stereocenters. The maximum Gasteiger partial charge on any atom is 0.128 e. The largest absolute Gasteiger partial charge is 0.313 e. The Morgan fingerprint density at radius 2 is 2.31 bits per heavy atom. The van der Waals surface area contributed by atoms with Gasteiger partial charge in [-0.3, -0.25) is 0 Å². The summed E-state index contributed by atoms with van der Waals surface area (Å²) in [4.78, 5) is 1.12. The van der Waals surface area contributed by atoms with E-state index < -0.39 is 0 Å². The number of hydrogen-bond acceptors (Lipinski definition) is 2. The lowest BCUT2D eigenvalue weighted by molar-refractivity contribution is 0.589. The second-order valence-corrected chi connectivity index (χ2v) is 5.32. The third-order valence-electron chi connectivity index (χ3n) is 3.27. The molecule has 0 saturated carbocycles. The second-order valence-electron chi connectivity index (χ2n) is 4.26. The molecule has 0 spiro atoms. The van der Waals surface area contributed by atoms with E-state index in [9.17, 15) is 4.39 Å². The summed E-state index contributed by atoms with van der Waals surface area (Å²) in [7, 11) is 0. The molecule has 3 rings (SSSR count). The Bertz CT molecular complexity index is 442. The van der Waals surface area contributed by atoms with E-state index in [1.165, 1.54) is 5.57 Å². The van der Waals surface area contributed by atoms with Crippen LogP contribution in [0.2, 0.25) is 0 Å². The highest BCUT2D eigenvalue weighted by atomic mass is 32.2. The molecule has 0 radical (unpaired) electrons. The van der Waals surface area contributed by atoms with E-state index in [2.05, 4.69) is 11.4 Å². The Morgan fingerprint density at radius 1 is 1.38 bits per heavy atom. The van der Waals surface area contributed by atoms with E-state index in [1.807, 2.05) is 6.07 Å². The highest BCUT2D eigenvalue weighted by molar-refractivity contribution is 7.99. The molecule has 0 aliphatic carbocycles. The van der Waals surface area contributed by atoms with Crippen molar-refractivity contribution in [2.24, 2.45) is 0 Å². The average Bonchev–Trinajstić information content (AvgIpc) is 2.75. The Labute approximate surface area is 99.1 Å². The molecule has 0 fully saturated rings. The van der Waals surface area contributed by atoms with Gasteiger partial charge in [0.05, 0.1) is 0 Å². The zero-order valence-electron chi connectivity index (χ0n) is 9.00. The highest BCUT2D eigenvalue weighted by Crippen LogP contribution is 2.44. The number of fused-ring (bicyclic) bond motifs is 1. The predicted molar refractivity (Wildman–Crippen MR) is 65.4 cm³/mol. The van der Waals surface area contributed by atoms with Crippen LogP contribution in [0.1, 0.15) is 17.9 Å². The van der Waals surface area contributed by atoms with Gasteiger partial charge in [-0.15, -0.1) is 11.8 Å². The van der Waals surface area contributed by atoms with Crippen LogP contribution in [0.15, 0.2) is 34.7 Å². The van der Waals surface area contributed by atoms with E-state index in [0.717, 1.165) is 35.7 Å². The zero-order chi connectivity index (χ0) is 11.0. The first-order valence-electron chi connectivity index (χ1n) is 5.67. The van der Waals surface area contributed by atoms with Crippen LogP contribution in [-0.4, -0.2) is 18.8 Å². The fraction of sp³-hybridized carbons (Fsp3) is 0.385. The third kappa shape index (κ3) is 1.68. The van der Waals surface area contributed by atoms with Crippen molar-refractivity contribution in [3.8, 4) is 0 Å². The first-order valence-corrected chi connectivity index (χ1v) is 6.65. The lowest BCUT2D eigenvalue weighted by Crippen LogP contribution is -2.25. The molecular formula is C13H14FNS. The van der Waals surface area contributed by atoms with Gasteiger partial charge in [0.15, 0.2) is 0 Å². The van der Waals surface area contributed by atoms with Crippen molar-refractivity contribution in [2.45, 2.75) is 17.2 Å². The van der Waals surface area contributed by atoms with E-state index in [4.69, 9.17) is 0 Å². The molecule has 2 aliphatic heterocycles. The number of benzene rings is 1. The van der Waals surface area contributed by atoms with Crippen LogP contribution in [0.4, 0.5) is 4.39 Å². The van der Waals surface area contributed by atoms with Crippen molar-refractivity contribution in [2.75, 3.05) is 18.8 Å². The van der Waals surface area contributed by atoms with Crippen molar-refractivity contribution in [1.29, 1.82) is 0 Å². The van der Waals surface area contributed by atoms with Crippen LogP contribution in [-0.2, 0) is 0 Å². The Hall–Kier alpha value is -0.800. The van der Waals surface area contributed by atoms with Gasteiger partial charge in [-0.05, 0) is 25.1 Å². The van der Waals surface area contributed by atoms with Crippen LogP contribution in [0.5, 0.6) is 0 Å². The smallest absolute Gasteiger partial charge is 0.128 e. The van der Waals surface area contributed by atoms with Crippen LogP contribution >= 0.6 is 11.8 Å². The summed E-state index contributed by atoms with van der Waals surface area (Å²) in [5.74, 6) is 1.23. The normalized spacial score (nSPS) is 24.1. The minimum atomic E-state index is -0.0426. The summed E-state index contributed by atoms with van der Waals surface area (Å²) in [6.07, 6.45) is 3.35. The number of nitrogens with one attached hydrogen (secondary N) is 1. The van der Waals surface area contributed by atoms with Crippen LogP contribution < -0.4 is 5.32 Å². The molecule has 0 bridgehead atoms. The molecule has 1 N–H and O–H groups in total. The zero-order valence-corrected chi connectivity index (χ0v) is 9.82. The van der Waals surface area contributed by atoms with E-state index in [1.54, 1.807) is 23.9 Å². The molecule has 2 heterocycles. The van der Waals surface area contributed by atoms with Crippen LogP contribution in [0.3, 0.4) is 0 Å². The van der Waals surface area contributed by atoms with Crippen LogP contribution in [0.25, 0.3) is 0 Å². The van der Waals surface area contributed by atoms with Gasteiger partial charge in [0.1, 0.15) is 5.82 Å². The van der Waals surface area contributed by atoms with Crippen molar-refractivity contribution >= 4 is 11.8 Å². The maximum absolute atomic E-state index is 13.8. The van der Waals surface area contributed by atoms with Gasteiger partial charge in [-0.1, -0.05) is 17.7 Å². The maximum atomic E-state index is 13.8. The Kier molecular flexibility index (Phi) is 2.74. The minimum absolute atomic E-state index is 0.0426. The number of thioether (sulfide) groups is 1. The first kappa shape index (κ1) is 10.4. The first-order chi connectivity index (χ1) is 7.86. The topological polar surface area (TPSA) is 12.0 Å². The molecule has 1 aromatic rings. The van der Waals surface area contributed by atoms with Gasteiger partial charge in [0.2, 0.25) is 0 Å². The van der Waals surface area contributed by atoms with Crippen molar-refractivity contribution in [3.63, 3.8) is 0 Å². The molecule has 16 heavy (non-hydrogen) atoms. The van der Waals surface area contributed by atoms with Gasteiger partial charge in [-0.25, -0.2) is 4.39 Å². The summed E-state index contributed by atoms with van der Waals surface area (Å²) in [5, 5.41) is 3.36. The molecular weight excluding hydrogens is 221 g/mol. The van der Waals surface area contributed by atoms with Gasteiger partial charge >= 0.3 is 0 Å².